The summed E-state index contributed by atoms with van der Waals surface area (Å²) >= 11 is 0. The Balaban J connectivity index is 0.00000220. The monoisotopic (exact) mass is 314 g/mol. The number of rotatable bonds is 7. The zero-order valence-electron chi connectivity index (χ0n) is 12.3. The molecule has 1 aliphatic rings. The number of carbonyl (C=O) groups is 1. The van der Waals surface area contributed by atoms with Crippen LogP contribution in [0.4, 0.5) is 4.39 Å². The van der Waals surface area contributed by atoms with Gasteiger partial charge in [0.05, 0.1) is 0 Å². The van der Waals surface area contributed by atoms with Crippen molar-refractivity contribution >= 4 is 18.3 Å². The number of halogens is 2. The van der Waals surface area contributed by atoms with Crippen LogP contribution >= 0.6 is 12.4 Å². The molecule has 1 aromatic carbocycles. The Labute approximate surface area is 131 Å². The van der Waals surface area contributed by atoms with Crippen molar-refractivity contribution in [3.05, 3.63) is 35.6 Å². The zero-order valence-corrected chi connectivity index (χ0v) is 13.2. The van der Waals surface area contributed by atoms with E-state index >= 15 is 0 Å². The fourth-order valence-electron chi connectivity index (χ4n) is 2.40. The van der Waals surface area contributed by atoms with Gasteiger partial charge in [-0.3, -0.25) is 4.79 Å². The summed E-state index contributed by atoms with van der Waals surface area (Å²) in [6.07, 6.45) is 3.55. The maximum Gasteiger partial charge on any atom is 0.223 e. The van der Waals surface area contributed by atoms with Crippen LogP contribution in [0.3, 0.4) is 0 Å². The van der Waals surface area contributed by atoms with Gasteiger partial charge in [-0.05, 0) is 43.2 Å². The lowest BCUT2D eigenvalue weighted by Crippen LogP contribution is -2.44. The number of benzene rings is 1. The maximum absolute atomic E-state index is 13.5. The fraction of sp³-hybridized carbons (Fsp3) is 0.562. The molecule has 21 heavy (non-hydrogen) atoms. The van der Waals surface area contributed by atoms with Gasteiger partial charge in [0.25, 0.3) is 0 Å². The first kappa shape index (κ1) is 17.9. The van der Waals surface area contributed by atoms with E-state index in [-0.39, 0.29) is 36.1 Å². The van der Waals surface area contributed by atoms with E-state index in [0.717, 1.165) is 12.8 Å². The van der Waals surface area contributed by atoms with Gasteiger partial charge in [-0.2, -0.15) is 0 Å². The summed E-state index contributed by atoms with van der Waals surface area (Å²) in [4.78, 5) is 12.1. The van der Waals surface area contributed by atoms with Gasteiger partial charge in [0.15, 0.2) is 0 Å². The highest BCUT2D eigenvalue weighted by atomic mass is 35.5. The summed E-state index contributed by atoms with van der Waals surface area (Å²) < 4.78 is 13.5. The molecule has 2 atom stereocenters. The molecule has 0 bridgehead atoms. The van der Waals surface area contributed by atoms with Crippen molar-refractivity contribution in [3.8, 4) is 0 Å². The Bertz CT molecular complexity index is 465. The molecule has 2 rings (SSSR count). The molecule has 5 heteroatoms. The Morgan fingerprint density at radius 1 is 1.43 bits per heavy atom. The van der Waals surface area contributed by atoms with Crippen molar-refractivity contribution in [1.29, 1.82) is 0 Å². The molecule has 1 saturated carbocycles. The lowest BCUT2D eigenvalue weighted by atomic mass is 9.99. The van der Waals surface area contributed by atoms with Crippen LogP contribution in [0.25, 0.3) is 0 Å². The maximum atomic E-state index is 13.5. The van der Waals surface area contributed by atoms with E-state index in [4.69, 9.17) is 5.73 Å². The van der Waals surface area contributed by atoms with Crippen LogP contribution < -0.4 is 11.1 Å². The summed E-state index contributed by atoms with van der Waals surface area (Å²) in [5, 5.41) is 3.02. The third kappa shape index (κ3) is 5.29. The zero-order chi connectivity index (χ0) is 14.5. The minimum absolute atomic E-state index is 0. The van der Waals surface area contributed by atoms with Gasteiger partial charge < -0.3 is 11.1 Å². The van der Waals surface area contributed by atoms with Gasteiger partial charge in [0.1, 0.15) is 5.82 Å². The van der Waals surface area contributed by atoms with Crippen LogP contribution in [-0.4, -0.2) is 18.5 Å². The molecule has 2 unspecified atom stereocenters. The average molecular weight is 315 g/mol. The largest absolute Gasteiger partial charge is 0.352 e. The first-order chi connectivity index (χ1) is 9.61. The number of hydrogen-bond acceptors (Lipinski definition) is 2. The van der Waals surface area contributed by atoms with Gasteiger partial charge >= 0.3 is 0 Å². The molecular weight excluding hydrogens is 291 g/mol. The second-order valence-corrected chi connectivity index (χ2v) is 5.72. The van der Waals surface area contributed by atoms with Crippen molar-refractivity contribution < 1.29 is 9.18 Å². The van der Waals surface area contributed by atoms with Gasteiger partial charge in [0, 0.05) is 18.5 Å². The van der Waals surface area contributed by atoms with Crippen LogP contribution in [0.2, 0.25) is 0 Å². The van der Waals surface area contributed by atoms with Gasteiger partial charge in [-0.15, -0.1) is 12.4 Å². The number of amides is 1. The van der Waals surface area contributed by atoms with Gasteiger partial charge in [0.2, 0.25) is 5.91 Å². The Kier molecular flexibility index (Phi) is 7.12. The van der Waals surface area contributed by atoms with Crippen LogP contribution in [0.1, 0.15) is 31.7 Å². The molecule has 0 spiro atoms. The topological polar surface area (TPSA) is 55.1 Å². The lowest BCUT2D eigenvalue weighted by molar-refractivity contribution is -0.125. The van der Waals surface area contributed by atoms with E-state index in [1.165, 1.54) is 6.07 Å². The number of aryl methyl sites for hydroxylation is 1. The molecule has 1 aromatic rings. The Hall–Kier alpha value is -1.13. The standard InChI is InChI=1S/C16H23FN2O.ClH/c1-11(6-7-12-4-2-3-5-14(12)17)16(20)19-15(10-18)13-8-9-13;/h2-5,11,13,15H,6-10,18H2,1H3,(H,19,20);1H. The van der Waals surface area contributed by atoms with Crippen molar-refractivity contribution in [1.82, 2.24) is 5.32 Å². The number of hydrogen-bond donors (Lipinski definition) is 2. The third-order valence-electron chi connectivity index (χ3n) is 4.02. The van der Waals surface area contributed by atoms with Crippen LogP contribution in [-0.2, 0) is 11.2 Å². The highest BCUT2D eigenvalue weighted by Crippen LogP contribution is 2.32. The molecule has 0 heterocycles. The third-order valence-corrected chi connectivity index (χ3v) is 4.02. The molecule has 0 radical (unpaired) electrons. The van der Waals surface area contributed by atoms with Crippen LogP contribution in [0, 0.1) is 17.7 Å². The molecule has 0 aromatic heterocycles. The summed E-state index contributed by atoms with van der Waals surface area (Å²) in [7, 11) is 0. The minimum atomic E-state index is -0.196. The summed E-state index contributed by atoms with van der Waals surface area (Å²) in [5.74, 6) is 0.270. The predicted molar refractivity (Wildman–Crippen MR) is 84.8 cm³/mol. The molecule has 0 aliphatic heterocycles. The quantitative estimate of drug-likeness (QED) is 0.813. The van der Waals surface area contributed by atoms with Crippen LogP contribution in [0.15, 0.2) is 24.3 Å². The minimum Gasteiger partial charge on any atom is -0.352 e. The normalized spacial score (nSPS) is 16.7. The summed E-state index contributed by atoms with van der Waals surface area (Å²) in [5.41, 5.74) is 6.35. The Morgan fingerprint density at radius 2 is 2.10 bits per heavy atom. The lowest BCUT2D eigenvalue weighted by Gasteiger charge is -2.19. The summed E-state index contributed by atoms with van der Waals surface area (Å²) in [6, 6.07) is 6.83. The van der Waals surface area contributed by atoms with Crippen LogP contribution in [0.5, 0.6) is 0 Å². The number of nitrogens with one attached hydrogen (secondary N) is 1. The first-order valence-electron chi connectivity index (χ1n) is 7.35. The Morgan fingerprint density at radius 3 is 2.67 bits per heavy atom. The molecule has 0 saturated heterocycles. The van der Waals surface area contributed by atoms with Gasteiger partial charge in [-0.25, -0.2) is 4.39 Å². The second kappa shape index (κ2) is 8.35. The number of nitrogens with two attached hydrogens (primary N) is 1. The molecule has 1 aliphatic carbocycles. The van der Waals surface area contributed by atoms with E-state index < -0.39 is 0 Å². The first-order valence-corrected chi connectivity index (χ1v) is 7.35. The van der Waals surface area contributed by atoms with Crippen molar-refractivity contribution in [3.63, 3.8) is 0 Å². The molecule has 3 N–H and O–H groups in total. The van der Waals surface area contributed by atoms with E-state index in [0.29, 0.717) is 30.9 Å². The molecule has 1 fully saturated rings. The second-order valence-electron chi connectivity index (χ2n) is 5.72. The van der Waals surface area contributed by atoms with E-state index in [9.17, 15) is 9.18 Å². The SMILES string of the molecule is CC(CCc1ccccc1F)C(=O)NC(CN)C1CC1.Cl. The van der Waals surface area contributed by atoms with E-state index in [2.05, 4.69) is 5.32 Å². The van der Waals surface area contributed by atoms with E-state index in [1.807, 2.05) is 13.0 Å². The van der Waals surface area contributed by atoms with Crippen molar-refractivity contribution in [2.24, 2.45) is 17.6 Å². The smallest absolute Gasteiger partial charge is 0.223 e. The van der Waals surface area contributed by atoms with Gasteiger partial charge in [-0.1, -0.05) is 25.1 Å². The molecule has 1 amide bonds. The fourth-order valence-corrected chi connectivity index (χ4v) is 2.40. The summed E-state index contributed by atoms with van der Waals surface area (Å²) in [6.45, 7) is 2.38. The molecule has 118 valence electrons. The predicted octanol–water partition coefficient (Wildman–Crippen LogP) is 2.67. The number of carbonyl (C=O) groups excluding carboxylic acids is 1. The van der Waals surface area contributed by atoms with Crippen molar-refractivity contribution in [2.75, 3.05) is 6.54 Å². The molecular formula is C16H24ClFN2O. The highest BCUT2D eigenvalue weighted by molar-refractivity contribution is 5.85. The average Bonchev–Trinajstić information content (AvgIpc) is 3.27. The van der Waals surface area contributed by atoms with Crippen molar-refractivity contribution in [2.45, 2.75) is 38.6 Å². The highest BCUT2D eigenvalue weighted by Gasteiger charge is 2.31. The molecule has 3 nitrogen and oxygen atoms in total. The van der Waals surface area contributed by atoms with E-state index in [1.54, 1.807) is 12.1 Å².